The van der Waals surface area contributed by atoms with Gasteiger partial charge in [0.2, 0.25) is 5.43 Å². The molecular formula is C23H20FN3O2S. The fraction of sp³-hybridized carbons (Fsp3) is 0.304. The summed E-state index contributed by atoms with van der Waals surface area (Å²) in [5.74, 6) is -0.430. The number of H-pyrrole nitrogens is 1. The minimum Gasteiger partial charge on any atom is -0.328 e. The van der Waals surface area contributed by atoms with Crippen LogP contribution in [0.15, 0.2) is 39.9 Å². The number of nitrogens with zero attached hydrogens (tertiary/aromatic N) is 2. The first-order valence-corrected chi connectivity index (χ1v) is 11.0. The average Bonchev–Trinajstić information content (AvgIpc) is 3.50. The van der Waals surface area contributed by atoms with Crippen molar-refractivity contribution in [3.05, 3.63) is 67.9 Å². The second kappa shape index (κ2) is 6.36. The summed E-state index contributed by atoms with van der Waals surface area (Å²) >= 11 is 1.19. The number of rotatable bonds is 2. The SMILES string of the molecule is CN1CCc2cc(-c3cc4c(cc3F)c(=O)c3c(=O)[nH]sc3n4C3CC3)ccc2C1. The lowest BCUT2D eigenvalue weighted by Crippen LogP contribution is -2.26. The van der Waals surface area contributed by atoms with Crippen LogP contribution < -0.4 is 11.0 Å². The molecule has 0 spiro atoms. The molecule has 3 heterocycles. The van der Waals surface area contributed by atoms with Crippen LogP contribution in [0.5, 0.6) is 0 Å². The number of hydrogen-bond donors (Lipinski definition) is 1. The third kappa shape index (κ3) is 2.62. The first kappa shape index (κ1) is 18.0. The molecule has 1 aliphatic carbocycles. The maximum absolute atomic E-state index is 15.2. The Bertz CT molecular complexity index is 1460. The Labute approximate surface area is 175 Å². The quantitative estimate of drug-likeness (QED) is 0.532. The fourth-order valence-electron chi connectivity index (χ4n) is 4.63. The van der Waals surface area contributed by atoms with E-state index in [0.717, 1.165) is 37.9 Å². The average molecular weight is 421 g/mol. The second-order valence-electron chi connectivity index (χ2n) is 8.46. The van der Waals surface area contributed by atoms with E-state index in [4.69, 9.17) is 0 Å². The van der Waals surface area contributed by atoms with E-state index in [1.165, 1.54) is 28.7 Å². The summed E-state index contributed by atoms with van der Waals surface area (Å²) in [5, 5.41) is 0.420. The lowest BCUT2D eigenvalue weighted by atomic mass is 9.94. The zero-order valence-electron chi connectivity index (χ0n) is 16.5. The van der Waals surface area contributed by atoms with Crippen LogP contribution in [0.25, 0.3) is 32.2 Å². The van der Waals surface area contributed by atoms with Gasteiger partial charge in [0.15, 0.2) is 0 Å². The third-order valence-electron chi connectivity index (χ3n) is 6.35. The maximum Gasteiger partial charge on any atom is 0.271 e. The number of pyridine rings is 1. The molecular weight excluding hydrogens is 401 g/mol. The van der Waals surface area contributed by atoms with E-state index in [2.05, 4.69) is 33.0 Å². The molecule has 0 unspecified atom stereocenters. The van der Waals surface area contributed by atoms with Crippen LogP contribution in [-0.4, -0.2) is 27.4 Å². The summed E-state index contributed by atoms with van der Waals surface area (Å²) < 4.78 is 20.0. The van der Waals surface area contributed by atoms with Gasteiger partial charge in [0.25, 0.3) is 5.56 Å². The van der Waals surface area contributed by atoms with Crippen molar-refractivity contribution < 1.29 is 4.39 Å². The Balaban J connectivity index is 1.63. The molecule has 152 valence electrons. The summed E-state index contributed by atoms with van der Waals surface area (Å²) in [4.78, 5) is 28.1. The minimum absolute atomic E-state index is 0.143. The zero-order valence-corrected chi connectivity index (χ0v) is 17.3. The highest BCUT2D eigenvalue weighted by molar-refractivity contribution is 7.12. The Morgan fingerprint density at radius 2 is 1.97 bits per heavy atom. The zero-order chi connectivity index (χ0) is 20.6. The van der Waals surface area contributed by atoms with E-state index in [-0.39, 0.29) is 22.4 Å². The lowest BCUT2D eigenvalue weighted by molar-refractivity contribution is 0.313. The van der Waals surface area contributed by atoms with Gasteiger partial charge in [-0.15, -0.1) is 0 Å². The predicted molar refractivity (Wildman–Crippen MR) is 118 cm³/mol. The van der Waals surface area contributed by atoms with Gasteiger partial charge < -0.3 is 9.47 Å². The van der Waals surface area contributed by atoms with Crippen LogP contribution >= 0.6 is 11.5 Å². The molecule has 5 nitrogen and oxygen atoms in total. The molecule has 2 aromatic carbocycles. The molecule has 0 saturated heterocycles. The number of benzene rings is 2. The molecule has 1 fully saturated rings. The Morgan fingerprint density at radius 1 is 1.13 bits per heavy atom. The number of likely N-dealkylation sites (N-methyl/N-ethyl adjacent to an activating group) is 1. The van der Waals surface area contributed by atoms with E-state index < -0.39 is 11.2 Å². The predicted octanol–water partition coefficient (Wildman–Crippen LogP) is 4.03. The molecule has 4 aromatic rings. The third-order valence-corrected chi connectivity index (χ3v) is 7.23. The standard InChI is InChI=1S/C23H20FN3O2S/c1-26-7-6-12-8-13(2-3-14(12)11-26)16-10-19-17(9-18(16)24)21(28)20-22(29)25-30-23(20)27(19)15-4-5-15/h2-3,8-10,15H,4-7,11H2,1H3,(H,25,29). The number of aromatic amines is 1. The molecule has 0 amide bonds. The van der Waals surface area contributed by atoms with Gasteiger partial charge in [0.05, 0.1) is 5.52 Å². The molecule has 2 aliphatic rings. The largest absolute Gasteiger partial charge is 0.328 e. The summed E-state index contributed by atoms with van der Waals surface area (Å²) in [6.45, 7) is 1.89. The Hall–Kier alpha value is -2.77. The summed E-state index contributed by atoms with van der Waals surface area (Å²) in [6, 6.07) is 9.49. The fourth-order valence-corrected chi connectivity index (χ4v) is 5.55. The van der Waals surface area contributed by atoms with Crippen LogP contribution in [0.3, 0.4) is 0 Å². The molecule has 1 saturated carbocycles. The van der Waals surface area contributed by atoms with Gasteiger partial charge in [-0.25, -0.2) is 4.39 Å². The van der Waals surface area contributed by atoms with Crippen molar-refractivity contribution in [1.29, 1.82) is 0 Å². The van der Waals surface area contributed by atoms with Crippen molar-refractivity contribution in [2.45, 2.75) is 31.8 Å². The summed E-state index contributed by atoms with van der Waals surface area (Å²) in [6.07, 6.45) is 2.94. The monoisotopic (exact) mass is 421 g/mol. The highest BCUT2D eigenvalue weighted by atomic mass is 32.1. The van der Waals surface area contributed by atoms with Gasteiger partial charge >= 0.3 is 0 Å². The minimum atomic E-state index is -0.430. The normalized spacial score (nSPS) is 17.0. The van der Waals surface area contributed by atoms with Crippen molar-refractivity contribution >= 4 is 32.7 Å². The molecule has 0 atom stereocenters. The summed E-state index contributed by atoms with van der Waals surface area (Å²) in [7, 11) is 2.10. The van der Waals surface area contributed by atoms with Crippen molar-refractivity contribution in [1.82, 2.24) is 13.8 Å². The van der Waals surface area contributed by atoms with E-state index in [1.54, 1.807) is 6.07 Å². The van der Waals surface area contributed by atoms with Gasteiger partial charge in [-0.1, -0.05) is 18.2 Å². The molecule has 1 aliphatic heterocycles. The number of halogens is 1. The highest BCUT2D eigenvalue weighted by Gasteiger charge is 2.29. The van der Waals surface area contributed by atoms with Crippen LogP contribution in [0.4, 0.5) is 4.39 Å². The molecule has 30 heavy (non-hydrogen) atoms. The molecule has 0 bridgehead atoms. The van der Waals surface area contributed by atoms with Gasteiger partial charge in [-0.2, -0.15) is 0 Å². The Morgan fingerprint density at radius 3 is 2.77 bits per heavy atom. The van der Waals surface area contributed by atoms with Gasteiger partial charge in [0.1, 0.15) is 16.0 Å². The Kier molecular flexibility index (Phi) is 3.82. The summed E-state index contributed by atoms with van der Waals surface area (Å²) in [5.41, 5.74) is 3.79. The lowest BCUT2D eigenvalue weighted by Gasteiger charge is -2.25. The van der Waals surface area contributed by atoms with Crippen LogP contribution in [0.2, 0.25) is 0 Å². The molecule has 0 radical (unpaired) electrons. The second-order valence-corrected chi connectivity index (χ2v) is 9.26. The highest BCUT2D eigenvalue weighted by Crippen LogP contribution is 2.41. The van der Waals surface area contributed by atoms with Crippen LogP contribution in [0.1, 0.15) is 30.0 Å². The molecule has 7 heteroatoms. The van der Waals surface area contributed by atoms with Crippen molar-refractivity contribution in [3.8, 4) is 11.1 Å². The van der Waals surface area contributed by atoms with Crippen molar-refractivity contribution in [2.75, 3.05) is 13.6 Å². The van der Waals surface area contributed by atoms with E-state index in [9.17, 15) is 9.59 Å². The van der Waals surface area contributed by atoms with E-state index in [1.807, 2.05) is 6.07 Å². The van der Waals surface area contributed by atoms with Crippen LogP contribution in [0, 0.1) is 5.82 Å². The van der Waals surface area contributed by atoms with Crippen molar-refractivity contribution in [2.24, 2.45) is 0 Å². The topological polar surface area (TPSA) is 58.1 Å². The van der Waals surface area contributed by atoms with E-state index in [0.29, 0.717) is 15.9 Å². The smallest absolute Gasteiger partial charge is 0.271 e. The number of aromatic nitrogens is 2. The van der Waals surface area contributed by atoms with Gasteiger partial charge in [0, 0.05) is 30.1 Å². The number of hydrogen-bond acceptors (Lipinski definition) is 4. The first-order chi connectivity index (χ1) is 14.5. The van der Waals surface area contributed by atoms with E-state index >= 15 is 4.39 Å². The van der Waals surface area contributed by atoms with Crippen LogP contribution in [-0.2, 0) is 13.0 Å². The van der Waals surface area contributed by atoms with Gasteiger partial charge in [-0.3, -0.25) is 14.0 Å². The molecule has 2 aromatic heterocycles. The number of fused-ring (bicyclic) bond motifs is 3. The molecule has 1 N–H and O–H groups in total. The van der Waals surface area contributed by atoms with Crippen molar-refractivity contribution in [3.63, 3.8) is 0 Å². The first-order valence-electron chi connectivity index (χ1n) is 10.2. The number of nitrogens with one attached hydrogen (secondary N) is 1. The maximum atomic E-state index is 15.2. The van der Waals surface area contributed by atoms with Gasteiger partial charge in [-0.05, 0) is 66.7 Å². The molecule has 6 rings (SSSR count).